The van der Waals surface area contributed by atoms with E-state index in [4.69, 9.17) is 0 Å². The minimum Gasteiger partial charge on any atom is -0.350 e. The highest BCUT2D eigenvalue weighted by Gasteiger charge is 2.40. The Morgan fingerprint density at radius 1 is 1.08 bits per heavy atom. The zero-order valence-electron chi connectivity index (χ0n) is 14.2. The lowest BCUT2D eigenvalue weighted by Gasteiger charge is -2.28. The highest BCUT2D eigenvalue weighted by Crippen LogP contribution is 2.32. The number of amides is 2. The largest absolute Gasteiger partial charge is 0.350 e. The summed E-state index contributed by atoms with van der Waals surface area (Å²) in [6.45, 7) is 2.53. The summed E-state index contributed by atoms with van der Waals surface area (Å²) in [5.41, 5.74) is 1.68. The lowest BCUT2D eigenvalue weighted by atomic mass is 10.1. The van der Waals surface area contributed by atoms with Gasteiger partial charge in [0.05, 0.1) is 5.37 Å². The molecule has 0 saturated carbocycles. The molecule has 2 aromatic carbocycles. The summed E-state index contributed by atoms with van der Waals surface area (Å²) >= 11 is 1.68. The Morgan fingerprint density at radius 3 is 2.36 bits per heavy atom. The predicted octanol–water partition coefficient (Wildman–Crippen LogP) is 3.30. The fourth-order valence-corrected chi connectivity index (χ4v) is 4.34. The number of carbonyl (C=O) groups is 2. The first-order valence-electron chi connectivity index (χ1n) is 8.51. The van der Waals surface area contributed by atoms with Crippen LogP contribution in [-0.2, 0) is 11.3 Å². The zero-order valence-corrected chi connectivity index (χ0v) is 15.0. The van der Waals surface area contributed by atoms with Crippen molar-refractivity contribution in [1.29, 1.82) is 0 Å². The van der Waals surface area contributed by atoms with Gasteiger partial charge in [-0.2, -0.15) is 0 Å². The van der Waals surface area contributed by atoms with Gasteiger partial charge in [-0.3, -0.25) is 9.59 Å². The van der Waals surface area contributed by atoms with E-state index in [0.717, 1.165) is 12.0 Å². The van der Waals surface area contributed by atoms with Crippen LogP contribution in [0.15, 0.2) is 60.7 Å². The fourth-order valence-electron chi connectivity index (χ4n) is 2.99. The molecule has 0 aromatic heterocycles. The van der Waals surface area contributed by atoms with Crippen molar-refractivity contribution in [2.75, 3.05) is 5.75 Å². The van der Waals surface area contributed by atoms with Gasteiger partial charge >= 0.3 is 0 Å². The number of rotatable bonds is 5. The lowest BCUT2D eigenvalue weighted by Crippen LogP contribution is -2.49. The molecule has 2 aromatic rings. The second-order valence-electron chi connectivity index (χ2n) is 5.99. The van der Waals surface area contributed by atoms with Crippen LogP contribution in [-0.4, -0.2) is 33.9 Å². The third kappa shape index (κ3) is 4.04. The third-order valence-electron chi connectivity index (χ3n) is 4.31. The molecule has 1 aliphatic rings. The number of nitrogens with zero attached hydrogens (tertiary/aromatic N) is 1. The number of benzene rings is 2. The molecule has 0 spiro atoms. The Bertz CT molecular complexity index is 721. The zero-order chi connectivity index (χ0) is 17.6. The van der Waals surface area contributed by atoms with Gasteiger partial charge < -0.3 is 10.2 Å². The van der Waals surface area contributed by atoms with E-state index in [9.17, 15) is 9.59 Å². The Morgan fingerprint density at radius 2 is 1.72 bits per heavy atom. The number of carbonyl (C=O) groups excluding carboxylic acids is 2. The second-order valence-corrected chi connectivity index (χ2v) is 7.20. The van der Waals surface area contributed by atoms with Gasteiger partial charge in [-0.1, -0.05) is 55.5 Å². The van der Waals surface area contributed by atoms with Crippen LogP contribution in [0.4, 0.5) is 0 Å². The molecule has 0 radical (unpaired) electrons. The van der Waals surface area contributed by atoms with Gasteiger partial charge in [-0.05, 0) is 24.1 Å². The van der Waals surface area contributed by atoms with Gasteiger partial charge in [-0.25, -0.2) is 0 Å². The monoisotopic (exact) mass is 354 g/mol. The maximum Gasteiger partial charge on any atom is 0.255 e. The third-order valence-corrected chi connectivity index (χ3v) is 5.76. The van der Waals surface area contributed by atoms with Gasteiger partial charge in [0.2, 0.25) is 5.91 Å². The molecule has 1 heterocycles. The predicted molar refractivity (Wildman–Crippen MR) is 101 cm³/mol. The molecule has 25 heavy (non-hydrogen) atoms. The Kier molecular flexibility index (Phi) is 5.76. The minimum atomic E-state index is -0.425. The maximum absolute atomic E-state index is 12.9. The standard InChI is InChI=1S/C20H22N2O2S/c1-2-18-22(20(24)16-11-7-4-8-12-16)17(14-25-18)19(23)21-13-15-9-5-3-6-10-15/h3-12,17-18H,2,13-14H2,1H3,(H,21,23). The van der Waals surface area contributed by atoms with Crippen molar-refractivity contribution in [2.45, 2.75) is 31.3 Å². The van der Waals surface area contributed by atoms with E-state index in [-0.39, 0.29) is 17.2 Å². The van der Waals surface area contributed by atoms with E-state index in [2.05, 4.69) is 5.32 Å². The molecular formula is C20H22N2O2S. The quantitative estimate of drug-likeness (QED) is 0.896. The molecule has 5 heteroatoms. The van der Waals surface area contributed by atoms with E-state index in [1.807, 2.05) is 55.5 Å². The topological polar surface area (TPSA) is 49.4 Å². The van der Waals surface area contributed by atoms with E-state index in [1.54, 1.807) is 28.8 Å². The van der Waals surface area contributed by atoms with Crippen LogP contribution in [0.2, 0.25) is 0 Å². The molecular weight excluding hydrogens is 332 g/mol. The van der Waals surface area contributed by atoms with Gasteiger partial charge in [0.25, 0.3) is 5.91 Å². The van der Waals surface area contributed by atoms with Crippen molar-refractivity contribution in [2.24, 2.45) is 0 Å². The van der Waals surface area contributed by atoms with Crippen LogP contribution in [0.25, 0.3) is 0 Å². The summed E-state index contributed by atoms with van der Waals surface area (Å²) in [6, 6.07) is 18.6. The summed E-state index contributed by atoms with van der Waals surface area (Å²) in [5, 5.41) is 3.02. The average molecular weight is 354 g/mol. The van der Waals surface area contributed by atoms with E-state index >= 15 is 0 Å². The molecule has 0 bridgehead atoms. The van der Waals surface area contributed by atoms with Crippen molar-refractivity contribution in [3.8, 4) is 0 Å². The van der Waals surface area contributed by atoms with Crippen LogP contribution in [0.3, 0.4) is 0 Å². The summed E-state index contributed by atoms with van der Waals surface area (Å²) in [5.74, 6) is 0.478. The number of hydrogen-bond acceptors (Lipinski definition) is 3. The van der Waals surface area contributed by atoms with Crippen LogP contribution in [0, 0.1) is 0 Å². The molecule has 1 saturated heterocycles. The van der Waals surface area contributed by atoms with Crippen molar-refractivity contribution in [3.63, 3.8) is 0 Å². The molecule has 2 atom stereocenters. The normalized spacial score (nSPS) is 19.6. The summed E-state index contributed by atoms with van der Waals surface area (Å²) in [7, 11) is 0. The molecule has 2 unspecified atom stereocenters. The number of nitrogens with one attached hydrogen (secondary N) is 1. The van der Waals surface area contributed by atoms with E-state index in [1.165, 1.54) is 0 Å². The fraction of sp³-hybridized carbons (Fsp3) is 0.300. The van der Waals surface area contributed by atoms with Crippen LogP contribution < -0.4 is 5.32 Å². The first-order valence-corrected chi connectivity index (χ1v) is 9.56. The summed E-state index contributed by atoms with van der Waals surface area (Å²) < 4.78 is 0. The number of hydrogen-bond donors (Lipinski definition) is 1. The minimum absolute atomic E-state index is 0.0418. The first-order chi connectivity index (χ1) is 12.2. The molecule has 2 amide bonds. The highest BCUT2D eigenvalue weighted by molar-refractivity contribution is 8.00. The summed E-state index contributed by atoms with van der Waals surface area (Å²) in [6.07, 6.45) is 0.825. The molecule has 1 N–H and O–H groups in total. The number of thioether (sulfide) groups is 1. The summed E-state index contributed by atoms with van der Waals surface area (Å²) in [4.78, 5) is 27.4. The SMILES string of the molecule is CCC1SCC(C(=O)NCc2ccccc2)N1C(=O)c1ccccc1. The molecule has 1 aliphatic heterocycles. The molecule has 1 fully saturated rings. The van der Waals surface area contributed by atoms with Crippen molar-refractivity contribution < 1.29 is 9.59 Å². The molecule has 3 rings (SSSR count). The average Bonchev–Trinajstić information content (AvgIpc) is 3.11. The molecule has 130 valence electrons. The van der Waals surface area contributed by atoms with Crippen LogP contribution in [0.1, 0.15) is 29.3 Å². The van der Waals surface area contributed by atoms with Crippen LogP contribution >= 0.6 is 11.8 Å². The highest BCUT2D eigenvalue weighted by atomic mass is 32.2. The van der Waals surface area contributed by atoms with Gasteiger partial charge in [0, 0.05) is 17.9 Å². The van der Waals surface area contributed by atoms with Crippen molar-refractivity contribution in [1.82, 2.24) is 10.2 Å². The molecule has 4 nitrogen and oxygen atoms in total. The molecule has 0 aliphatic carbocycles. The van der Waals surface area contributed by atoms with E-state index < -0.39 is 6.04 Å². The Balaban J connectivity index is 1.72. The maximum atomic E-state index is 12.9. The lowest BCUT2D eigenvalue weighted by molar-refractivity contribution is -0.125. The Hall–Kier alpha value is -2.27. The van der Waals surface area contributed by atoms with Crippen molar-refractivity contribution >= 4 is 23.6 Å². The Labute approximate surface area is 152 Å². The first kappa shape index (κ1) is 17.5. The van der Waals surface area contributed by atoms with Crippen LogP contribution in [0.5, 0.6) is 0 Å². The smallest absolute Gasteiger partial charge is 0.255 e. The van der Waals surface area contributed by atoms with Gasteiger partial charge in [-0.15, -0.1) is 11.8 Å². The van der Waals surface area contributed by atoms with E-state index in [0.29, 0.717) is 17.9 Å². The van der Waals surface area contributed by atoms with Gasteiger partial charge in [0.15, 0.2) is 0 Å². The van der Waals surface area contributed by atoms with Crippen molar-refractivity contribution in [3.05, 3.63) is 71.8 Å². The van der Waals surface area contributed by atoms with Gasteiger partial charge in [0.1, 0.15) is 6.04 Å². The second kappa shape index (κ2) is 8.21.